The zero-order valence-corrected chi connectivity index (χ0v) is 13.7. The van der Waals surface area contributed by atoms with Crippen LogP contribution >= 0.6 is 11.6 Å². The summed E-state index contributed by atoms with van der Waals surface area (Å²) in [7, 11) is 0. The molecule has 0 saturated carbocycles. The first-order chi connectivity index (χ1) is 9.52. The summed E-state index contributed by atoms with van der Waals surface area (Å²) >= 11 is 6.45. The second-order valence-corrected chi connectivity index (χ2v) is 6.70. The van der Waals surface area contributed by atoms with E-state index in [9.17, 15) is 0 Å². The van der Waals surface area contributed by atoms with Gasteiger partial charge in [0, 0.05) is 29.3 Å². The van der Waals surface area contributed by atoms with E-state index < -0.39 is 0 Å². The standard InChI is InChI=1S/C17H27ClN2/c1-4-14(19)10-15-16(18)6-5-7-17(15)20-11-12(2)8-9-13(20)3/h5-7,12-14H,4,8-11,19H2,1-3H3. The maximum Gasteiger partial charge on any atom is 0.0459 e. The lowest BCUT2D eigenvalue weighted by Crippen LogP contribution is -2.41. The van der Waals surface area contributed by atoms with Crippen LogP contribution in [0.3, 0.4) is 0 Å². The summed E-state index contributed by atoms with van der Waals surface area (Å²) in [6.07, 6.45) is 4.43. The third-order valence-electron chi connectivity index (χ3n) is 4.51. The van der Waals surface area contributed by atoms with Crippen molar-refractivity contribution in [3.05, 3.63) is 28.8 Å². The Labute approximate surface area is 128 Å². The van der Waals surface area contributed by atoms with Crippen molar-refractivity contribution in [2.45, 2.75) is 58.5 Å². The van der Waals surface area contributed by atoms with Crippen LogP contribution < -0.4 is 10.6 Å². The lowest BCUT2D eigenvalue weighted by atomic mass is 9.93. The first kappa shape index (κ1) is 15.7. The molecule has 0 spiro atoms. The highest BCUT2D eigenvalue weighted by Gasteiger charge is 2.25. The number of anilines is 1. The van der Waals surface area contributed by atoms with Gasteiger partial charge in [-0.25, -0.2) is 0 Å². The fraction of sp³-hybridized carbons (Fsp3) is 0.647. The minimum absolute atomic E-state index is 0.186. The van der Waals surface area contributed by atoms with E-state index in [4.69, 9.17) is 17.3 Å². The fourth-order valence-electron chi connectivity index (χ4n) is 3.05. The molecule has 3 unspecified atom stereocenters. The summed E-state index contributed by atoms with van der Waals surface area (Å²) in [5.41, 5.74) is 8.68. The van der Waals surface area contributed by atoms with Crippen molar-refractivity contribution in [3.8, 4) is 0 Å². The Balaban J connectivity index is 2.32. The Bertz CT molecular complexity index is 447. The summed E-state index contributed by atoms with van der Waals surface area (Å²) < 4.78 is 0. The first-order valence-electron chi connectivity index (χ1n) is 7.82. The van der Waals surface area contributed by atoms with Gasteiger partial charge >= 0.3 is 0 Å². The van der Waals surface area contributed by atoms with E-state index in [0.717, 1.165) is 30.3 Å². The molecular formula is C17H27ClN2. The number of nitrogens with two attached hydrogens (primary N) is 1. The molecule has 2 rings (SSSR count). The minimum Gasteiger partial charge on any atom is -0.368 e. The van der Waals surface area contributed by atoms with Gasteiger partial charge in [0.15, 0.2) is 0 Å². The van der Waals surface area contributed by atoms with Gasteiger partial charge in [0.25, 0.3) is 0 Å². The normalized spacial score (nSPS) is 24.8. The van der Waals surface area contributed by atoms with Crippen molar-refractivity contribution in [3.63, 3.8) is 0 Å². The van der Waals surface area contributed by atoms with Gasteiger partial charge in [-0.2, -0.15) is 0 Å². The second-order valence-electron chi connectivity index (χ2n) is 6.29. The van der Waals surface area contributed by atoms with E-state index in [0.29, 0.717) is 6.04 Å². The maximum atomic E-state index is 6.45. The molecule has 1 aromatic rings. The Morgan fingerprint density at radius 1 is 1.35 bits per heavy atom. The number of nitrogens with zero attached hydrogens (tertiary/aromatic N) is 1. The van der Waals surface area contributed by atoms with E-state index in [1.807, 2.05) is 6.07 Å². The Morgan fingerprint density at radius 2 is 2.10 bits per heavy atom. The van der Waals surface area contributed by atoms with Crippen LogP contribution in [0.1, 0.15) is 45.6 Å². The zero-order chi connectivity index (χ0) is 14.7. The Morgan fingerprint density at radius 3 is 2.80 bits per heavy atom. The fourth-order valence-corrected chi connectivity index (χ4v) is 3.30. The summed E-state index contributed by atoms with van der Waals surface area (Å²) in [5, 5.41) is 0.858. The van der Waals surface area contributed by atoms with Crippen molar-refractivity contribution >= 4 is 17.3 Å². The van der Waals surface area contributed by atoms with Crippen molar-refractivity contribution in [1.29, 1.82) is 0 Å². The lowest BCUT2D eigenvalue weighted by molar-refractivity contribution is 0.389. The van der Waals surface area contributed by atoms with Gasteiger partial charge < -0.3 is 10.6 Å². The SMILES string of the molecule is CCC(N)Cc1c(Cl)cccc1N1CC(C)CCC1C. The molecule has 1 aliphatic heterocycles. The van der Waals surface area contributed by atoms with Crippen molar-refractivity contribution in [2.75, 3.05) is 11.4 Å². The molecule has 0 amide bonds. The molecule has 0 bridgehead atoms. The van der Waals surface area contributed by atoms with Crippen LogP contribution in [0.5, 0.6) is 0 Å². The third-order valence-corrected chi connectivity index (χ3v) is 4.87. The molecule has 0 aliphatic carbocycles. The molecule has 3 atom stereocenters. The van der Waals surface area contributed by atoms with Crippen LogP contribution in [0.2, 0.25) is 5.02 Å². The average Bonchev–Trinajstić information content (AvgIpc) is 2.43. The van der Waals surface area contributed by atoms with Crippen LogP contribution in [-0.4, -0.2) is 18.6 Å². The number of hydrogen-bond donors (Lipinski definition) is 1. The largest absolute Gasteiger partial charge is 0.368 e. The number of benzene rings is 1. The molecule has 1 aromatic carbocycles. The highest BCUT2D eigenvalue weighted by Crippen LogP contribution is 2.34. The number of hydrogen-bond acceptors (Lipinski definition) is 2. The lowest BCUT2D eigenvalue weighted by Gasteiger charge is -2.40. The van der Waals surface area contributed by atoms with Gasteiger partial charge in [0.1, 0.15) is 0 Å². The summed E-state index contributed by atoms with van der Waals surface area (Å²) in [6, 6.07) is 7.02. The second kappa shape index (κ2) is 6.82. The van der Waals surface area contributed by atoms with Crippen molar-refractivity contribution < 1.29 is 0 Å². The van der Waals surface area contributed by atoms with E-state index in [-0.39, 0.29) is 6.04 Å². The zero-order valence-electron chi connectivity index (χ0n) is 12.9. The average molecular weight is 295 g/mol. The Kier molecular flexibility index (Phi) is 5.34. The maximum absolute atomic E-state index is 6.45. The smallest absolute Gasteiger partial charge is 0.0459 e. The topological polar surface area (TPSA) is 29.3 Å². The summed E-state index contributed by atoms with van der Waals surface area (Å²) in [5.74, 6) is 0.748. The van der Waals surface area contributed by atoms with E-state index in [1.165, 1.54) is 24.1 Å². The van der Waals surface area contributed by atoms with Gasteiger partial charge in [-0.1, -0.05) is 31.5 Å². The predicted octanol–water partition coefficient (Wildman–Crippen LogP) is 4.24. The molecule has 1 saturated heterocycles. The van der Waals surface area contributed by atoms with Gasteiger partial charge in [-0.15, -0.1) is 0 Å². The molecule has 0 aromatic heterocycles. The van der Waals surface area contributed by atoms with Gasteiger partial charge in [0.2, 0.25) is 0 Å². The monoisotopic (exact) mass is 294 g/mol. The van der Waals surface area contributed by atoms with E-state index >= 15 is 0 Å². The molecule has 20 heavy (non-hydrogen) atoms. The van der Waals surface area contributed by atoms with Crippen LogP contribution in [0.15, 0.2) is 18.2 Å². The van der Waals surface area contributed by atoms with Crippen molar-refractivity contribution in [1.82, 2.24) is 0 Å². The molecule has 0 radical (unpaired) electrons. The molecule has 112 valence electrons. The van der Waals surface area contributed by atoms with Crippen LogP contribution in [0, 0.1) is 5.92 Å². The first-order valence-corrected chi connectivity index (χ1v) is 8.20. The molecule has 2 nitrogen and oxygen atoms in total. The van der Waals surface area contributed by atoms with E-state index in [1.54, 1.807) is 0 Å². The van der Waals surface area contributed by atoms with Crippen LogP contribution in [-0.2, 0) is 6.42 Å². The summed E-state index contributed by atoms with van der Waals surface area (Å²) in [4.78, 5) is 2.53. The number of rotatable bonds is 4. The van der Waals surface area contributed by atoms with E-state index in [2.05, 4.69) is 37.8 Å². The third kappa shape index (κ3) is 3.48. The Hall–Kier alpha value is -0.730. The molecule has 1 heterocycles. The molecule has 1 fully saturated rings. The minimum atomic E-state index is 0.186. The van der Waals surface area contributed by atoms with Gasteiger partial charge in [0.05, 0.1) is 0 Å². The predicted molar refractivity (Wildman–Crippen MR) is 88.6 cm³/mol. The van der Waals surface area contributed by atoms with Gasteiger partial charge in [-0.05, 0) is 56.2 Å². The van der Waals surface area contributed by atoms with Crippen LogP contribution in [0.25, 0.3) is 0 Å². The number of halogens is 1. The number of piperidine rings is 1. The molecule has 3 heteroatoms. The van der Waals surface area contributed by atoms with Crippen molar-refractivity contribution in [2.24, 2.45) is 11.7 Å². The summed E-state index contributed by atoms with van der Waals surface area (Å²) in [6.45, 7) is 7.90. The molecule has 1 aliphatic rings. The highest BCUT2D eigenvalue weighted by atomic mass is 35.5. The van der Waals surface area contributed by atoms with Crippen LogP contribution in [0.4, 0.5) is 5.69 Å². The molecular weight excluding hydrogens is 268 g/mol. The highest BCUT2D eigenvalue weighted by molar-refractivity contribution is 6.31. The van der Waals surface area contributed by atoms with Gasteiger partial charge in [-0.3, -0.25) is 0 Å². The quantitative estimate of drug-likeness (QED) is 0.900. The molecule has 2 N–H and O–H groups in total.